The number of alkyl carbamates (subject to hydrolysis) is 1. The van der Waals surface area contributed by atoms with Crippen LogP contribution in [0.1, 0.15) is 66.0 Å². The number of anilines is 1. The molecule has 2 heterocycles. The Morgan fingerprint density at radius 3 is 2.61 bits per heavy atom. The third-order valence-corrected chi connectivity index (χ3v) is 6.06. The largest absolute Gasteiger partial charge is 0.444 e. The van der Waals surface area contributed by atoms with Gasteiger partial charge < -0.3 is 19.9 Å². The lowest BCUT2D eigenvalue weighted by molar-refractivity contribution is 0.0526. The first kappa shape index (κ1) is 27.1. The molecule has 8 nitrogen and oxygen atoms in total. The summed E-state index contributed by atoms with van der Waals surface area (Å²) in [4.78, 5) is 45.1. The second kappa shape index (κ2) is 11.5. The molecule has 1 aliphatic rings. The molecule has 1 fully saturated rings. The second-order valence-corrected chi connectivity index (χ2v) is 10.1. The van der Waals surface area contributed by atoms with E-state index in [1.54, 1.807) is 32.9 Å². The predicted molar refractivity (Wildman–Crippen MR) is 136 cm³/mol. The summed E-state index contributed by atoms with van der Waals surface area (Å²) in [5.41, 5.74) is 2.05. The maximum Gasteiger partial charge on any atom is 0.407 e. The molecule has 194 valence electrons. The van der Waals surface area contributed by atoms with Crippen molar-refractivity contribution in [1.29, 1.82) is 0 Å². The van der Waals surface area contributed by atoms with E-state index in [-0.39, 0.29) is 17.8 Å². The number of rotatable bonds is 7. The smallest absolute Gasteiger partial charge is 0.407 e. The van der Waals surface area contributed by atoms with E-state index in [0.717, 1.165) is 17.4 Å². The van der Waals surface area contributed by atoms with E-state index in [9.17, 15) is 18.8 Å². The van der Waals surface area contributed by atoms with Gasteiger partial charge in [0.05, 0.1) is 6.20 Å². The molecule has 1 N–H and O–H groups in total. The first-order valence-corrected chi connectivity index (χ1v) is 12.2. The van der Waals surface area contributed by atoms with E-state index in [1.165, 1.54) is 12.3 Å². The van der Waals surface area contributed by atoms with Crippen LogP contribution in [-0.4, -0.2) is 66.0 Å². The average molecular weight is 499 g/mol. The molecule has 9 heteroatoms. The molecule has 2 amide bonds. The lowest BCUT2D eigenvalue weighted by atomic mass is 9.95. The van der Waals surface area contributed by atoms with Gasteiger partial charge in [-0.1, -0.05) is 6.07 Å². The van der Waals surface area contributed by atoms with Crippen LogP contribution >= 0.6 is 0 Å². The Morgan fingerprint density at radius 1 is 1.25 bits per heavy atom. The summed E-state index contributed by atoms with van der Waals surface area (Å²) in [6, 6.07) is 6.46. The summed E-state index contributed by atoms with van der Waals surface area (Å²) in [6.45, 7) is 11.2. The molecule has 1 aliphatic heterocycles. The normalized spacial score (nSPS) is 16.0. The quantitative estimate of drug-likeness (QED) is 0.456. The van der Waals surface area contributed by atoms with Crippen molar-refractivity contribution in [3.8, 4) is 0 Å². The molecule has 0 saturated carbocycles. The van der Waals surface area contributed by atoms with Crippen LogP contribution in [0.2, 0.25) is 0 Å². The van der Waals surface area contributed by atoms with Crippen LogP contribution in [0.25, 0.3) is 0 Å². The first-order chi connectivity index (χ1) is 17.0. The lowest BCUT2D eigenvalue weighted by Gasteiger charge is -2.40. The van der Waals surface area contributed by atoms with Crippen molar-refractivity contribution in [2.75, 3.05) is 31.1 Å². The van der Waals surface area contributed by atoms with Crippen molar-refractivity contribution in [3.05, 3.63) is 58.5 Å². The number of benzene rings is 1. The van der Waals surface area contributed by atoms with Crippen molar-refractivity contribution < 1.29 is 23.5 Å². The summed E-state index contributed by atoms with van der Waals surface area (Å²) in [5, 5.41) is 2.74. The number of hydrogen-bond acceptors (Lipinski definition) is 6. The van der Waals surface area contributed by atoms with Gasteiger partial charge in [0.25, 0.3) is 5.91 Å². The van der Waals surface area contributed by atoms with E-state index >= 15 is 0 Å². The Labute approximate surface area is 211 Å². The van der Waals surface area contributed by atoms with E-state index in [2.05, 4.69) is 10.3 Å². The monoisotopic (exact) mass is 498 g/mol. The fraction of sp³-hybridized carbons (Fsp3) is 0.481. The van der Waals surface area contributed by atoms with Crippen molar-refractivity contribution in [2.24, 2.45) is 0 Å². The zero-order valence-corrected chi connectivity index (χ0v) is 21.6. The molecule has 0 bridgehead atoms. The Hall–Kier alpha value is -3.49. The van der Waals surface area contributed by atoms with E-state index in [4.69, 9.17) is 4.74 Å². The first-order valence-electron chi connectivity index (χ1n) is 12.2. The van der Waals surface area contributed by atoms with Gasteiger partial charge >= 0.3 is 6.09 Å². The van der Waals surface area contributed by atoms with Gasteiger partial charge in [0.15, 0.2) is 0 Å². The molecule has 1 atom stereocenters. The number of piperazine rings is 1. The maximum atomic E-state index is 13.6. The molecule has 3 rings (SSSR count). The minimum absolute atomic E-state index is 0.110. The minimum Gasteiger partial charge on any atom is -0.444 e. The van der Waals surface area contributed by atoms with Gasteiger partial charge in [0.1, 0.15) is 23.5 Å². The number of aromatic nitrogens is 1. The van der Waals surface area contributed by atoms with Gasteiger partial charge in [0.2, 0.25) is 0 Å². The molecule has 2 aromatic rings. The van der Waals surface area contributed by atoms with Gasteiger partial charge in [-0.15, -0.1) is 0 Å². The third kappa shape index (κ3) is 7.02. The van der Waals surface area contributed by atoms with Crippen LogP contribution in [0, 0.1) is 12.7 Å². The van der Waals surface area contributed by atoms with Gasteiger partial charge in [-0.05, 0) is 76.8 Å². The molecule has 0 radical (unpaired) electrons. The number of aryl methyl sites for hydroxylation is 2. The zero-order chi connectivity index (χ0) is 26.5. The molecule has 1 aromatic carbocycles. The summed E-state index contributed by atoms with van der Waals surface area (Å²) in [5.74, 6) is 0.152. The molecule has 1 saturated heterocycles. The molecular weight excluding hydrogens is 463 g/mol. The van der Waals surface area contributed by atoms with Crippen LogP contribution < -0.4 is 10.2 Å². The fourth-order valence-electron chi connectivity index (χ4n) is 4.28. The van der Waals surface area contributed by atoms with Crippen molar-refractivity contribution in [2.45, 2.75) is 59.1 Å². The summed E-state index contributed by atoms with van der Waals surface area (Å²) >= 11 is 0. The fourth-order valence-corrected chi connectivity index (χ4v) is 4.28. The van der Waals surface area contributed by atoms with Gasteiger partial charge in [-0.25, -0.2) is 14.2 Å². The molecule has 0 spiro atoms. The summed E-state index contributed by atoms with van der Waals surface area (Å²) < 4.78 is 18.5. The highest BCUT2D eigenvalue weighted by Gasteiger charge is 2.30. The Balaban J connectivity index is 1.70. The predicted octanol–water partition coefficient (Wildman–Crippen LogP) is 4.15. The maximum absolute atomic E-state index is 13.6. The van der Waals surface area contributed by atoms with Crippen LogP contribution in [-0.2, 0) is 11.2 Å². The number of carbonyl (C=O) groups excluding carboxylic acids is 3. The number of ether oxygens (including phenoxy) is 1. The van der Waals surface area contributed by atoms with Crippen LogP contribution in [0.15, 0.2) is 30.5 Å². The number of hydrogen-bond donors (Lipinski definition) is 1. The zero-order valence-electron chi connectivity index (χ0n) is 21.6. The van der Waals surface area contributed by atoms with E-state index in [1.807, 2.05) is 29.7 Å². The number of halogens is 1. The topological polar surface area (TPSA) is 91.8 Å². The highest BCUT2D eigenvalue weighted by Crippen LogP contribution is 2.23. The average Bonchev–Trinajstić information content (AvgIpc) is 2.81. The minimum atomic E-state index is -0.571. The molecule has 36 heavy (non-hydrogen) atoms. The highest BCUT2D eigenvalue weighted by molar-refractivity contribution is 5.98. The highest BCUT2D eigenvalue weighted by atomic mass is 19.1. The Kier molecular flexibility index (Phi) is 8.66. The van der Waals surface area contributed by atoms with Gasteiger partial charge in [0, 0.05) is 43.3 Å². The van der Waals surface area contributed by atoms with Crippen LogP contribution in [0.5, 0.6) is 0 Å². The summed E-state index contributed by atoms with van der Waals surface area (Å²) in [7, 11) is 0. The number of amides is 2. The van der Waals surface area contributed by atoms with Crippen LogP contribution in [0.3, 0.4) is 0 Å². The van der Waals surface area contributed by atoms with Crippen LogP contribution in [0.4, 0.5) is 15.0 Å². The number of aldehydes is 1. The molecular formula is C27H35FN4O4. The Bertz CT molecular complexity index is 1100. The molecule has 0 aliphatic carbocycles. The van der Waals surface area contributed by atoms with Gasteiger partial charge in [-0.3, -0.25) is 9.59 Å². The SMILES string of the molecule is Cc1cc(CCCNC(=O)OC(C)(C)C)c(C(=O)N2CCN(c3ccc(F)cn3)C[C@@H]2C)cc1C=O. The standard InChI is InChI=1S/C27H35FN4O4/c1-18-13-20(7-6-10-29-26(35)36-27(3,4)5)23(14-21(18)17-33)25(34)32-12-11-31(16-19(32)2)24-9-8-22(28)15-30-24/h8-9,13-15,17,19H,6-7,10-12,16H2,1-5H3,(H,29,35)/t19-/m0/s1. The number of nitrogens with one attached hydrogen (secondary N) is 1. The van der Waals surface area contributed by atoms with E-state index < -0.39 is 11.7 Å². The van der Waals surface area contributed by atoms with Crippen molar-refractivity contribution >= 4 is 24.1 Å². The van der Waals surface area contributed by atoms with E-state index in [0.29, 0.717) is 56.0 Å². The lowest BCUT2D eigenvalue weighted by Crippen LogP contribution is -2.54. The second-order valence-electron chi connectivity index (χ2n) is 10.1. The van der Waals surface area contributed by atoms with Crippen molar-refractivity contribution in [3.63, 3.8) is 0 Å². The number of pyridine rings is 1. The Morgan fingerprint density at radius 2 is 2.00 bits per heavy atom. The molecule has 0 unspecified atom stereocenters. The number of carbonyl (C=O) groups is 3. The van der Waals surface area contributed by atoms with Crippen molar-refractivity contribution in [1.82, 2.24) is 15.2 Å². The van der Waals surface area contributed by atoms with Gasteiger partial charge in [-0.2, -0.15) is 0 Å². The molecule has 1 aromatic heterocycles. The number of nitrogens with zero attached hydrogens (tertiary/aromatic N) is 3. The summed E-state index contributed by atoms with van der Waals surface area (Å²) in [6.07, 6.45) is 2.65. The third-order valence-electron chi connectivity index (χ3n) is 6.06.